The lowest BCUT2D eigenvalue weighted by atomic mass is 10.1. The molecule has 6 N–H and O–H groups in total. The van der Waals surface area contributed by atoms with Gasteiger partial charge >= 0.3 is 5.95 Å². The molecule has 0 saturated carbocycles. The van der Waals surface area contributed by atoms with Gasteiger partial charge in [-0.1, -0.05) is 17.1 Å². The molecule has 0 amide bonds. The predicted molar refractivity (Wildman–Crippen MR) is 168 cm³/mol. The van der Waals surface area contributed by atoms with Crippen molar-refractivity contribution >= 4 is 54.8 Å². The summed E-state index contributed by atoms with van der Waals surface area (Å²) < 4.78 is 34.4. The molecule has 0 unspecified atom stereocenters. The lowest BCUT2D eigenvalue weighted by molar-refractivity contribution is -0.333. The predicted octanol–water partition coefficient (Wildman–Crippen LogP) is 5.42. The highest BCUT2D eigenvalue weighted by atomic mass is 32.2. The van der Waals surface area contributed by atoms with Crippen molar-refractivity contribution in [3.8, 4) is 11.6 Å². The van der Waals surface area contributed by atoms with E-state index in [2.05, 4.69) is 25.9 Å². The topological polar surface area (TPSA) is 147 Å². The molecule has 0 spiro atoms. The Morgan fingerprint density at radius 3 is 2.56 bits per heavy atom. The third-order valence-corrected chi connectivity index (χ3v) is 9.98. The SMILES string of the molecule is CC(C)Oc1cc2cn(C3CCNCC3)c(O)c2cc1Nc1nc(Nc2ccccc2S(=O)(=O)C(C)C)c2cc[nH]c2[nH+]1. The summed E-state index contributed by atoms with van der Waals surface area (Å²) in [6, 6.07) is 12.8. The minimum atomic E-state index is -3.54. The second-order valence-electron chi connectivity index (χ2n) is 11.5. The van der Waals surface area contributed by atoms with Gasteiger partial charge in [0.25, 0.3) is 0 Å². The van der Waals surface area contributed by atoms with Crippen molar-refractivity contribution < 1.29 is 23.2 Å². The molecule has 5 aromatic rings. The number of benzene rings is 2. The van der Waals surface area contributed by atoms with Crippen LogP contribution in [0.1, 0.15) is 46.6 Å². The summed E-state index contributed by atoms with van der Waals surface area (Å²) in [7, 11) is -3.54. The number of rotatable bonds is 9. The Bertz CT molecular complexity index is 1890. The number of fused-ring (bicyclic) bond motifs is 2. The second kappa shape index (κ2) is 11.4. The number of anilines is 4. The second-order valence-corrected chi connectivity index (χ2v) is 14.0. The largest absolute Gasteiger partial charge is 0.494 e. The molecule has 0 radical (unpaired) electrons. The molecular weight excluding hydrogens is 566 g/mol. The molecule has 2 aromatic carbocycles. The number of hydrogen-bond acceptors (Lipinski definition) is 8. The fraction of sp³-hybridized carbons (Fsp3) is 0.355. The molecule has 1 aliphatic rings. The highest BCUT2D eigenvalue weighted by molar-refractivity contribution is 7.92. The van der Waals surface area contributed by atoms with Gasteiger partial charge in [0.2, 0.25) is 11.5 Å². The van der Waals surface area contributed by atoms with Crippen LogP contribution in [-0.4, -0.2) is 52.5 Å². The van der Waals surface area contributed by atoms with Crippen molar-refractivity contribution in [1.82, 2.24) is 19.9 Å². The third-order valence-electron chi connectivity index (χ3n) is 7.77. The Morgan fingerprint density at radius 2 is 1.81 bits per heavy atom. The Kier molecular flexibility index (Phi) is 7.65. The van der Waals surface area contributed by atoms with Crippen molar-refractivity contribution in [2.24, 2.45) is 0 Å². The zero-order valence-corrected chi connectivity index (χ0v) is 25.5. The summed E-state index contributed by atoms with van der Waals surface area (Å²) in [5, 5.41) is 23.0. The summed E-state index contributed by atoms with van der Waals surface area (Å²) in [5.74, 6) is 1.71. The van der Waals surface area contributed by atoms with Crippen LogP contribution in [0.4, 0.5) is 23.1 Å². The normalized spacial score (nSPS) is 14.7. The van der Waals surface area contributed by atoms with Gasteiger partial charge in [0, 0.05) is 29.2 Å². The van der Waals surface area contributed by atoms with Gasteiger partial charge in [-0.05, 0) is 84.0 Å². The van der Waals surface area contributed by atoms with Crippen LogP contribution in [0, 0.1) is 0 Å². The van der Waals surface area contributed by atoms with Gasteiger partial charge in [0.15, 0.2) is 21.5 Å². The highest BCUT2D eigenvalue weighted by Crippen LogP contribution is 2.40. The zero-order valence-electron chi connectivity index (χ0n) is 24.7. The molecule has 4 heterocycles. The monoisotopic (exact) mass is 604 g/mol. The number of nitrogens with zero attached hydrogens (tertiary/aromatic N) is 2. The fourth-order valence-corrected chi connectivity index (χ4v) is 6.73. The third kappa shape index (κ3) is 5.59. The first kappa shape index (κ1) is 28.8. The number of sulfone groups is 1. The van der Waals surface area contributed by atoms with E-state index in [0.717, 1.165) is 36.7 Å². The van der Waals surface area contributed by atoms with E-state index < -0.39 is 15.1 Å². The van der Waals surface area contributed by atoms with Crippen LogP contribution in [0.2, 0.25) is 0 Å². The Morgan fingerprint density at radius 1 is 1.05 bits per heavy atom. The van der Waals surface area contributed by atoms with Gasteiger partial charge in [-0.3, -0.25) is 10.3 Å². The van der Waals surface area contributed by atoms with Crippen LogP contribution in [0.15, 0.2) is 59.8 Å². The minimum absolute atomic E-state index is 0.0856. The number of aromatic amines is 2. The fourth-order valence-electron chi connectivity index (χ4n) is 5.53. The number of ether oxygens (including phenoxy) is 1. The van der Waals surface area contributed by atoms with Crippen LogP contribution in [0.3, 0.4) is 0 Å². The van der Waals surface area contributed by atoms with E-state index in [1.54, 1.807) is 44.3 Å². The maximum Gasteiger partial charge on any atom is 0.351 e. The van der Waals surface area contributed by atoms with Crippen LogP contribution in [0.25, 0.3) is 21.8 Å². The Labute approximate surface area is 250 Å². The summed E-state index contributed by atoms with van der Waals surface area (Å²) >= 11 is 0. The number of piperidine rings is 1. The van der Waals surface area contributed by atoms with Gasteiger partial charge < -0.3 is 25.0 Å². The number of aromatic hydroxyl groups is 1. The van der Waals surface area contributed by atoms with Gasteiger partial charge in [-0.25, -0.2) is 13.4 Å². The number of hydrogen-bond donors (Lipinski definition) is 5. The van der Waals surface area contributed by atoms with E-state index in [4.69, 9.17) is 9.72 Å². The van der Waals surface area contributed by atoms with Gasteiger partial charge in [0.05, 0.1) is 27.3 Å². The summed E-state index contributed by atoms with van der Waals surface area (Å²) in [5.41, 5.74) is 1.76. The first-order chi connectivity index (χ1) is 20.6. The standard InChI is InChI=1S/C31H37N7O4S/c1-18(2)42-26-15-20-17-38(21-9-12-32-13-10-21)30(39)23(20)16-25(26)35-31-36-28-22(11-14-33-28)29(37-31)34-24-7-5-6-8-27(24)43(40,41)19(3)4/h5-8,11,14-19,21,32,39H,9-10,12-13H2,1-4H3,(H3,33,34,35,36,37)/p+1. The smallest absolute Gasteiger partial charge is 0.351 e. The van der Waals surface area contributed by atoms with E-state index in [1.165, 1.54) is 0 Å². The molecule has 0 aliphatic carbocycles. The molecule has 0 bridgehead atoms. The van der Waals surface area contributed by atoms with Crippen molar-refractivity contribution in [2.45, 2.75) is 62.8 Å². The maximum absolute atomic E-state index is 13.1. The summed E-state index contributed by atoms with van der Waals surface area (Å²) in [6.45, 7) is 9.10. The Hall–Kier alpha value is -4.29. The van der Waals surface area contributed by atoms with Crippen LogP contribution in [-0.2, 0) is 9.84 Å². The van der Waals surface area contributed by atoms with Crippen LogP contribution in [0.5, 0.6) is 11.6 Å². The van der Waals surface area contributed by atoms with Crippen molar-refractivity contribution in [3.63, 3.8) is 0 Å². The molecule has 11 nitrogen and oxygen atoms in total. The number of aromatic nitrogens is 4. The molecule has 226 valence electrons. The van der Waals surface area contributed by atoms with E-state index in [1.807, 2.05) is 42.8 Å². The van der Waals surface area contributed by atoms with Gasteiger partial charge in [-0.15, -0.1) is 0 Å². The first-order valence-electron chi connectivity index (χ1n) is 14.6. The molecule has 43 heavy (non-hydrogen) atoms. The van der Waals surface area contributed by atoms with Crippen molar-refractivity contribution in [3.05, 3.63) is 54.9 Å². The van der Waals surface area contributed by atoms with Gasteiger partial charge in [-0.2, -0.15) is 0 Å². The Balaban J connectivity index is 1.41. The van der Waals surface area contributed by atoms with E-state index in [0.29, 0.717) is 39.9 Å². The molecule has 0 atom stereocenters. The van der Waals surface area contributed by atoms with Crippen LogP contribution < -0.4 is 25.7 Å². The highest BCUT2D eigenvalue weighted by Gasteiger charge is 2.25. The van der Waals surface area contributed by atoms with E-state index in [9.17, 15) is 13.5 Å². The molecule has 1 fully saturated rings. The van der Waals surface area contributed by atoms with Crippen LogP contribution >= 0.6 is 0 Å². The van der Waals surface area contributed by atoms with Crippen molar-refractivity contribution in [2.75, 3.05) is 23.7 Å². The number of nitrogens with one attached hydrogen (secondary N) is 5. The summed E-state index contributed by atoms with van der Waals surface area (Å²) in [4.78, 5) is 11.5. The number of para-hydroxylation sites is 1. The maximum atomic E-state index is 13.1. The first-order valence-corrected chi connectivity index (χ1v) is 16.2. The quantitative estimate of drug-likeness (QED) is 0.150. The average Bonchev–Trinajstić information content (AvgIpc) is 3.58. The number of H-pyrrole nitrogens is 2. The molecular formula is C31H38N7O4S+. The lowest BCUT2D eigenvalue weighted by Crippen LogP contribution is -2.29. The molecule has 1 saturated heterocycles. The molecule has 3 aromatic heterocycles. The van der Waals surface area contributed by atoms with Gasteiger partial charge in [0.1, 0.15) is 5.69 Å². The molecule has 1 aliphatic heterocycles. The van der Waals surface area contributed by atoms with Crippen molar-refractivity contribution in [1.29, 1.82) is 0 Å². The lowest BCUT2D eigenvalue weighted by Gasteiger charge is -2.24. The average molecular weight is 605 g/mol. The van der Waals surface area contributed by atoms with E-state index >= 15 is 0 Å². The summed E-state index contributed by atoms with van der Waals surface area (Å²) in [6.07, 6.45) is 5.59. The molecule has 12 heteroatoms. The van der Waals surface area contributed by atoms with E-state index in [-0.39, 0.29) is 22.9 Å². The molecule has 6 rings (SSSR count). The minimum Gasteiger partial charge on any atom is -0.494 e. The zero-order chi connectivity index (χ0) is 30.3.